The monoisotopic (exact) mass is 368 g/mol. The maximum absolute atomic E-state index is 11.5. The smallest absolute Gasteiger partial charge is 0.331 e. The molecule has 0 radical (unpaired) electrons. The summed E-state index contributed by atoms with van der Waals surface area (Å²) in [6, 6.07) is 4.82. The van der Waals surface area contributed by atoms with E-state index in [1.54, 1.807) is 6.20 Å². The molecule has 22 heavy (non-hydrogen) atoms. The Morgan fingerprint density at radius 2 is 2.14 bits per heavy atom. The van der Waals surface area contributed by atoms with Crippen LogP contribution < -0.4 is 5.32 Å². The number of carbonyl (C=O) groups is 1. The summed E-state index contributed by atoms with van der Waals surface area (Å²) in [6.45, 7) is -0.0340. The molecule has 0 saturated carbocycles. The van der Waals surface area contributed by atoms with Crippen molar-refractivity contribution in [1.29, 1.82) is 0 Å². The Kier molecular flexibility index (Phi) is 4.80. The lowest BCUT2D eigenvalue weighted by atomic mass is 9.75. The highest BCUT2D eigenvalue weighted by Gasteiger charge is 2.45. The molecule has 6 heteroatoms. The first-order chi connectivity index (χ1) is 10.6. The Hall–Kier alpha value is -0.980. The van der Waals surface area contributed by atoms with Crippen molar-refractivity contribution in [3.8, 4) is 0 Å². The first-order valence-electron chi connectivity index (χ1n) is 7.70. The second-order valence-corrected chi connectivity index (χ2v) is 7.04. The van der Waals surface area contributed by atoms with E-state index in [2.05, 4.69) is 26.2 Å². The van der Waals surface area contributed by atoms with Gasteiger partial charge in [0.15, 0.2) is 0 Å². The average molecular weight is 369 g/mol. The molecule has 3 rings (SSSR count). The number of carbonyl (C=O) groups excluding carboxylic acids is 1. The van der Waals surface area contributed by atoms with Crippen LogP contribution in [0, 0.1) is 0 Å². The summed E-state index contributed by atoms with van der Waals surface area (Å²) in [7, 11) is 1.38. The molecule has 1 N–H and O–H groups in total. The van der Waals surface area contributed by atoms with Gasteiger partial charge in [0.2, 0.25) is 0 Å². The highest BCUT2D eigenvalue weighted by molar-refractivity contribution is 9.10. The van der Waals surface area contributed by atoms with Crippen molar-refractivity contribution in [2.24, 2.45) is 0 Å². The number of pyridine rings is 1. The molecule has 0 aromatic carbocycles. The molecule has 2 saturated heterocycles. The molecule has 2 bridgehead atoms. The lowest BCUT2D eigenvalue weighted by Crippen LogP contribution is -2.55. The van der Waals surface area contributed by atoms with Crippen LogP contribution in [0.4, 0.5) is 0 Å². The van der Waals surface area contributed by atoms with Crippen molar-refractivity contribution in [3.63, 3.8) is 0 Å². The van der Waals surface area contributed by atoms with Crippen LogP contribution in [0.5, 0.6) is 0 Å². The summed E-state index contributed by atoms with van der Waals surface area (Å²) < 4.78 is 11.8. The largest absolute Gasteiger partial charge is 0.467 e. The average Bonchev–Trinajstić information content (AvgIpc) is 2.53. The van der Waals surface area contributed by atoms with Crippen molar-refractivity contribution >= 4 is 21.9 Å². The molecule has 1 aromatic heterocycles. The summed E-state index contributed by atoms with van der Waals surface area (Å²) in [5, 5.41) is 3.66. The van der Waals surface area contributed by atoms with Crippen LogP contribution in [0.15, 0.2) is 22.8 Å². The predicted octanol–water partition coefficient (Wildman–Crippen LogP) is 2.53. The fourth-order valence-corrected chi connectivity index (χ4v) is 3.85. The van der Waals surface area contributed by atoms with E-state index in [1.165, 1.54) is 13.5 Å². The molecule has 5 nitrogen and oxygen atoms in total. The zero-order valence-electron chi connectivity index (χ0n) is 12.7. The minimum Gasteiger partial charge on any atom is -0.467 e. The van der Waals surface area contributed by atoms with Crippen LogP contribution in [-0.4, -0.2) is 36.8 Å². The standard InChI is InChI=1S/C16H21BrN2O3/c1-21-15(20)10-22-16(14-6-5-11(17)9-18-14)7-12-3-2-4-13(8-16)19-12/h5-6,9,12-13,19H,2-4,7-8,10H2,1H3. The predicted molar refractivity (Wildman–Crippen MR) is 85.4 cm³/mol. The van der Waals surface area contributed by atoms with Crippen LogP contribution in [0.3, 0.4) is 0 Å². The van der Waals surface area contributed by atoms with E-state index < -0.39 is 5.60 Å². The van der Waals surface area contributed by atoms with Gasteiger partial charge < -0.3 is 14.8 Å². The number of fused-ring (bicyclic) bond motifs is 2. The van der Waals surface area contributed by atoms with Gasteiger partial charge in [-0.05, 0) is 53.7 Å². The molecule has 2 unspecified atom stereocenters. The number of nitrogens with one attached hydrogen (secondary N) is 1. The Bertz CT molecular complexity index is 523. The Morgan fingerprint density at radius 3 is 2.73 bits per heavy atom. The maximum Gasteiger partial charge on any atom is 0.331 e. The van der Waals surface area contributed by atoms with Crippen molar-refractivity contribution in [2.75, 3.05) is 13.7 Å². The van der Waals surface area contributed by atoms with Gasteiger partial charge in [0.1, 0.15) is 12.2 Å². The highest BCUT2D eigenvalue weighted by Crippen LogP contribution is 2.42. The topological polar surface area (TPSA) is 60.5 Å². The Balaban J connectivity index is 1.87. The molecule has 0 aliphatic carbocycles. The minimum absolute atomic E-state index is 0.0340. The first kappa shape index (κ1) is 15.9. The van der Waals surface area contributed by atoms with E-state index in [4.69, 9.17) is 9.47 Å². The number of aromatic nitrogens is 1. The maximum atomic E-state index is 11.5. The molecular formula is C16H21BrN2O3. The number of hydrogen-bond donors (Lipinski definition) is 1. The second kappa shape index (κ2) is 6.64. The zero-order valence-corrected chi connectivity index (χ0v) is 14.3. The van der Waals surface area contributed by atoms with Gasteiger partial charge in [-0.3, -0.25) is 4.98 Å². The van der Waals surface area contributed by atoms with E-state index >= 15 is 0 Å². The quantitative estimate of drug-likeness (QED) is 0.827. The first-order valence-corrected chi connectivity index (χ1v) is 8.49. The molecule has 3 heterocycles. The third kappa shape index (κ3) is 3.34. The fourth-order valence-electron chi connectivity index (χ4n) is 3.61. The number of esters is 1. The lowest BCUT2D eigenvalue weighted by Gasteiger charge is -2.47. The normalized spacial score (nSPS) is 30.8. The van der Waals surface area contributed by atoms with Crippen molar-refractivity contribution in [2.45, 2.75) is 49.8 Å². The molecule has 1 aromatic rings. The summed E-state index contributed by atoms with van der Waals surface area (Å²) in [6.07, 6.45) is 7.02. The van der Waals surface area contributed by atoms with E-state index in [0.29, 0.717) is 12.1 Å². The Labute approximate surface area is 138 Å². The van der Waals surface area contributed by atoms with Gasteiger partial charge in [-0.25, -0.2) is 4.79 Å². The van der Waals surface area contributed by atoms with Crippen molar-refractivity contribution < 1.29 is 14.3 Å². The van der Waals surface area contributed by atoms with Crippen LogP contribution in [0.2, 0.25) is 0 Å². The number of methoxy groups -OCH3 is 1. The van der Waals surface area contributed by atoms with Crippen molar-refractivity contribution in [3.05, 3.63) is 28.5 Å². The molecule has 2 atom stereocenters. The molecule has 2 aliphatic heterocycles. The summed E-state index contributed by atoms with van der Waals surface area (Å²) >= 11 is 3.42. The van der Waals surface area contributed by atoms with Gasteiger partial charge in [0.05, 0.1) is 12.8 Å². The molecular weight excluding hydrogens is 348 g/mol. The molecule has 0 spiro atoms. The minimum atomic E-state index is -0.504. The zero-order chi connectivity index (χ0) is 15.6. The SMILES string of the molecule is COC(=O)COC1(c2ccc(Br)cn2)CC2CCCC(C1)N2. The number of rotatable bonds is 4. The van der Waals surface area contributed by atoms with E-state index in [1.807, 2.05) is 12.1 Å². The summed E-state index contributed by atoms with van der Waals surface area (Å²) in [5.74, 6) is -0.347. The van der Waals surface area contributed by atoms with Gasteiger partial charge in [0, 0.05) is 22.8 Å². The molecule has 120 valence electrons. The highest BCUT2D eigenvalue weighted by atomic mass is 79.9. The molecule has 2 fully saturated rings. The number of nitrogens with zero attached hydrogens (tertiary/aromatic N) is 1. The summed E-state index contributed by atoms with van der Waals surface area (Å²) in [5.41, 5.74) is 0.397. The van der Waals surface area contributed by atoms with Gasteiger partial charge in [-0.15, -0.1) is 0 Å². The summed E-state index contributed by atoms with van der Waals surface area (Å²) in [4.78, 5) is 16.1. The number of hydrogen-bond acceptors (Lipinski definition) is 5. The van der Waals surface area contributed by atoms with Gasteiger partial charge in [0.25, 0.3) is 0 Å². The van der Waals surface area contributed by atoms with Gasteiger partial charge >= 0.3 is 5.97 Å². The van der Waals surface area contributed by atoms with Crippen molar-refractivity contribution in [1.82, 2.24) is 10.3 Å². The molecule has 0 amide bonds. The fraction of sp³-hybridized carbons (Fsp3) is 0.625. The third-order valence-electron chi connectivity index (χ3n) is 4.62. The van der Waals surface area contributed by atoms with Gasteiger partial charge in [-0.2, -0.15) is 0 Å². The third-order valence-corrected chi connectivity index (χ3v) is 5.09. The van der Waals surface area contributed by atoms with Crippen LogP contribution in [-0.2, 0) is 19.9 Å². The van der Waals surface area contributed by atoms with Crippen LogP contribution >= 0.6 is 15.9 Å². The van der Waals surface area contributed by atoms with Crippen LogP contribution in [0.1, 0.15) is 37.8 Å². The second-order valence-electron chi connectivity index (χ2n) is 6.12. The number of halogens is 1. The molecule has 2 aliphatic rings. The van der Waals surface area contributed by atoms with Gasteiger partial charge in [-0.1, -0.05) is 6.42 Å². The Morgan fingerprint density at radius 1 is 1.41 bits per heavy atom. The number of ether oxygens (including phenoxy) is 2. The van der Waals surface area contributed by atoms with Crippen LogP contribution in [0.25, 0.3) is 0 Å². The van der Waals surface area contributed by atoms with E-state index in [0.717, 1.165) is 35.8 Å². The lowest BCUT2D eigenvalue weighted by molar-refractivity contribution is -0.160. The van der Waals surface area contributed by atoms with E-state index in [-0.39, 0.29) is 12.6 Å². The number of piperidine rings is 2. The van der Waals surface area contributed by atoms with E-state index in [9.17, 15) is 4.79 Å².